The van der Waals surface area contributed by atoms with Gasteiger partial charge in [-0.3, -0.25) is 0 Å². The van der Waals surface area contributed by atoms with Crippen molar-refractivity contribution in [1.29, 1.82) is 0 Å². The van der Waals surface area contributed by atoms with Crippen molar-refractivity contribution in [3.63, 3.8) is 0 Å². The molecule has 0 radical (unpaired) electrons. The van der Waals surface area contributed by atoms with E-state index in [0.29, 0.717) is 6.61 Å². The Morgan fingerprint density at radius 2 is 2.33 bits per heavy atom. The van der Waals surface area contributed by atoms with Gasteiger partial charge in [-0.25, -0.2) is 0 Å². The lowest BCUT2D eigenvalue weighted by Gasteiger charge is -1.95. The van der Waals surface area contributed by atoms with Crippen LogP contribution in [0.25, 0.3) is 0 Å². The number of thioether (sulfide) groups is 1. The van der Waals surface area contributed by atoms with E-state index in [9.17, 15) is 0 Å². The molecule has 0 spiro atoms. The molecule has 1 N–H and O–H groups in total. The molecule has 68 valence electrons. The number of hydrogen-bond donors (Lipinski definition) is 1. The molecule has 0 aliphatic rings. The summed E-state index contributed by atoms with van der Waals surface area (Å²) in [6.07, 6.45) is 3.16. The monoisotopic (exact) mass is 204 g/mol. The quantitative estimate of drug-likeness (QED) is 0.567. The first-order chi connectivity index (χ1) is 5.93. The molecular formula is C7H12N2OS2. The van der Waals surface area contributed by atoms with Gasteiger partial charge in [0.2, 0.25) is 0 Å². The molecule has 0 atom stereocenters. The average molecular weight is 204 g/mol. The van der Waals surface area contributed by atoms with Gasteiger partial charge < -0.3 is 5.11 Å². The molecule has 1 heterocycles. The summed E-state index contributed by atoms with van der Waals surface area (Å²) in [4.78, 5) is 0. The molecule has 0 bridgehead atoms. The molecule has 0 amide bonds. The fraction of sp³-hybridized carbons (Fsp3) is 0.714. The van der Waals surface area contributed by atoms with Crippen LogP contribution in [0.4, 0.5) is 0 Å². The maximum absolute atomic E-state index is 8.52. The van der Waals surface area contributed by atoms with Crippen LogP contribution in [0, 0.1) is 0 Å². The zero-order valence-electron chi connectivity index (χ0n) is 6.77. The summed E-state index contributed by atoms with van der Waals surface area (Å²) in [5.41, 5.74) is 1.75. The van der Waals surface area contributed by atoms with Crippen LogP contribution in [-0.4, -0.2) is 27.7 Å². The highest BCUT2D eigenvalue weighted by Crippen LogP contribution is 2.20. The van der Waals surface area contributed by atoms with Gasteiger partial charge >= 0.3 is 0 Å². The lowest BCUT2D eigenvalue weighted by atomic mass is 10.3. The summed E-state index contributed by atoms with van der Waals surface area (Å²) < 4.78 is 1.04. The summed E-state index contributed by atoms with van der Waals surface area (Å²) in [6, 6.07) is 0. The largest absolute Gasteiger partial charge is 0.396 e. The molecule has 5 heteroatoms. The van der Waals surface area contributed by atoms with Crippen molar-refractivity contribution in [3.8, 4) is 0 Å². The van der Waals surface area contributed by atoms with E-state index in [1.165, 1.54) is 0 Å². The first-order valence-corrected chi connectivity index (χ1v) is 5.80. The van der Waals surface area contributed by atoms with Crippen molar-refractivity contribution in [1.82, 2.24) is 10.2 Å². The number of aliphatic hydroxyl groups excluding tert-OH is 1. The molecule has 1 rings (SSSR count). The second-order valence-corrected chi connectivity index (χ2v) is 4.51. The lowest BCUT2D eigenvalue weighted by Crippen LogP contribution is -1.85. The normalized spacial score (nSPS) is 10.4. The van der Waals surface area contributed by atoms with Crippen LogP contribution in [0.2, 0.25) is 0 Å². The third kappa shape index (κ3) is 4.04. The highest BCUT2D eigenvalue weighted by molar-refractivity contribution is 8.00. The fourth-order valence-corrected chi connectivity index (χ4v) is 2.33. The van der Waals surface area contributed by atoms with Gasteiger partial charge in [-0.2, -0.15) is 0 Å². The molecule has 0 fully saturated rings. The Morgan fingerprint density at radius 3 is 3.00 bits per heavy atom. The van der Waals surface area contributed by atoms with E-state index in [1.54, 1.807) is 28.6 Å². The predicted molar refractivity (Wildman–Crippen MR) is 51.6 cm³/mol. The molecule has 1 aromatic heterocycles. The minimum absolute atomic E-state index is 0.309. The van der Waals surface area contributed by atoms with E-state index >= 15 is 0 Å². The van der Waals surface area contributed by atoms with Gasteiger partial charge in [-0.05, 0) is 12.8 Å². The highest BCUT2D eigenvalue weighted by Gasteiger charge is 1.96. The van der Waals surface area contributed by atoms with E-state index in [1.807, 2.05) is 0 Å². The van der Waals surface area contributed by atoms with Crippen molar-refractivity contribution in [2.75, 3.05) is 12.4 Å². The van der Waals surface area contributed by atoms with Gasteiger partial charge in [-0.1, -0.05) is 29.5 Å². The number of hydrogen-bond acceptors (Lipinski definition) is 5. The summed E-state index contributed by atoms with van der Waals surface area (Å²) in [6.45, 7) is 0.309. The predicted octanol–water partition coefficient (Wildman–Crippen LogP) is 1.79. The van der Waals surface area contributed by atoms with E-state index < -0.39 is 0 Å². The molecule has 0 aliphatic heterocycles. The number of aliphatic hydroxyl groups is 1. The Bertz CT molecular complexity index is 191. The summed E-state index contributed by atoms with van der Waals surface area (Å²) in [5, 5.41) is 16.2. The summed E-state index contributed by atoms with van der Waals surface area (Å²) >= 11 is 3.32. The zero-order chi connectivity index (χ0) is 8.65. The Kier molecular flexibility index (Phi) is 5.30. The van der Waals surface area contributed by atoms with Crippen LogP contribution < -0.4 is 0 Å². The van der Waals surface area contributed by atoms with E-state index in [0.717, 1.165) is 29.4 Å². The van der Waals surface area contributed by atoms with Crippen molar-refractivity contribution in [3.05, 3.63) is 5.51 Å². The molecule has 3 nitrogen and oxygen atoms in total. The molecule has 0 saturated carbocycles. The number of rotatable bonds is 6. The zero-order valence-corrected chi connectivity index (χ0v) is 8.40. The maximum Gasteiger partial charge on any atom is 0.174 e. The van der Waals surface area contributed by atoms with Crippen molar-refractivity contribution < 1.29 is 5.11 Å². The second-order valence-electron chi connectivity index (χ2n) is 2.34. The first-order valence-electron chi connectivity index (χ1n) is 3.93. The topological polar surface area (TPSA) is 46.0 Å². The van der Waals surface area contributed by atoms with Crippen molar-refractivity contribution in [2.45, 2.75) is 23.6 Å². The van der Waals surface area contributed by atoms with Gasteiger partial charge in [0.15, 0.2) is 4.34 Å². The van der Waals surface area contributed by atoms with Crippen LogP contribution in [0.15, 0.2) is 9.85 Å². The molecule has 12 heavy (non-hydrogen) atoms. The molecular weight excluding hydrogens is 192 g/mol. The van der Waals surface area contributed by atoms with Gasteiger partial charge in [0.25, 0.3) is 0 Å². The van der Waals surface area contributed by atoms with Crippen LogP contribution in [0.1, 0.15) is 19.3 Å². The lowest BCUT2D eigenvalue weighted by molar-refractivity contribution is 0.284. The smallest absolute Gasteiger partial charge is 0.174 e. The second kappa shape index (κ2) is 6.39. The number of nitrogens with zero attached hydrogens (tertiary/aromatic N) is 2. The van der Waals surface area contributed by atoms with Crippen LogP contribution in [0.3, 0.4) is 0 Å². The van der Waals surface area contributed by atoms with Gasteiger partial charge in [0.05, 0.1) is 0 Å². The van der Waals surface area contributed by atoms with E-state index in [4.69, 9.17) is 5.11 Å². The SMILES string of the molecule is OCCCCCSc1nncs1. The van der Waals surface area contributed by atoms with Crippen LogP contribution >= 0.6 is 23.1 Å². The van der Waals surface area contributed by atoms with Crippen LogP contribution in [0.5, 0.6) is 0 Å². The summed E-state index contributed by atoms with van der Waals surface area (Å²) in [5.74, 6) is 1.08. The van der Waals surface area contributed by atoms with E-state index in [-0.39, 0.29) is 0 Å². The Morgan fingerprint density at radius 1 is 1.42 bits per heavy atom. The van der Waals surface area contributed by atoms with Gasteiger partial charge in [0.1, 0.15) is 5.51 Å². The Balaban J connectivity index is 1.96. The first kappa shape index (κ1) is 9.95. The van der Waals surface area contributed by atoms with E-state index in [2.05, 4.69) is 10.2 Å². The summed E-state index contributed by atoms with van der Waals surface area (Å²) in [7, 11) is 0. The Labute approximate surface area is 80.2 Å². The minimum atomic E-state index is 0.309. The van der Waals surface area contributed by atoms with Gasteiger partial charge in [-0.15, -0.1) is 10.2 Å². The molecule has 0 saturated heterocycles. The molecule has 0 aromatic carbocycles. The number of aromatic nitrogens is 2. The standard InChI is InChI=1S/C7H12N2OS2/c10-4-2-1-3-5-11-7-9-8-6-12-7/h6,10H,1-5H2. The van der Waals surface area contributed by atoms with Crippen LogP contribution in [-0.2, 0) is 0 Å². The fourth-order valence-electron chi connectivity index (χ4n) is 0.776. The number of unbranched alkanes of at least 4 members (excludes halogenated alkanes) is 2. The maximum atomic E-state index is 8.52. The highest BCUT2D eigenvalue weighted by atomic mass is 32.2. The third-order valence-electron chi connectivity index (χ3n) is 1.37. The molecule has 1 aromatic rings. The molecule has 0 unspecified atom stereocenters. The van der Waals surface area contributed by atoms with Crippen molar-refractivity contribution >= 4 is 23.1 Å². The molecule has 0 aliphatic carbocycles. The van der Waals surface area contributed by atoms with Crippen molar-refractivity contribution in [2.24, 2.45) is 0 Å². The minimum Gasteiger partial charge on any atom is -0.396 e. The van der Waals surface area contributed by atoms with Gasteiger partial charge in [0, 0.05) is 12.4 Å². The third-order valence-corrected chi connectivity index (χ3v) is 3.31. The Hall–Kier alpha value is -0.130. The average Bonchev–Trinajstić information content (AvgIpc) is 2.57.